The molecule has 0 amide bonds. The van der Waals surface area contributed by atoms with Crippen LogP contribution < -0.4 is 0 Å². The van der Waals surface area contributed by atoms with Gasteiger partial charge in [0.25, 0.3) is 0 Å². The van der Waals surface area contributed by atoms with Gasteiger partial charge in [0, 0.05) is 11.8 Å². The fourth-order valence-electron chi connectivity index (χ4n) is 2.14. The van der Waals surface area contributed by atoms with Gasteiger partial charge in [0.15, 0.2) is 5.65 Å². The molecule has 0 N–H and O–H groups in total. The van der Waals surface area contributed by atoms with Crippen LogP contribution in [0.3, 0.4) is 0 Å². The quantitative estimate of drug-likeness (QED) is 0.535. The maximum Gasteiger partial charge on any atom is 0.164 e. The van der Waals surface area contributed by atoms with E-state index in [1.165, 1.54) is 11.1 Å². The molecule has 3 aromatic rings. The van der Waals surface area contributed by atoms with E-state index in [1.807, 2.05) is 23.0 Å². The van der Waals surface area contributed by atoms with Crippen LogP contribution in [0.15, 0.2) is 47.8 Å². The lowest BCUT2D eigenvalue weighted by atomic mass is 10.1. The van der Waals surface area contributed by atoms with Crippen LogP contribution in [0.4, 0.5) is 0 Å². The maximum absolute atomic E-state index is 4.48. The highest BCUT2D eigenvalue weighted by atomic mass is 32.2. The van der Waals surface area contributed by atoms with Gasteiger partial charge in [-0.2, -0.15) is 5.10 Å². The fraction of sp³-hybridized carbons (Fsp3) is 0.200. The van der Waals surface area contributed by atoms with Crippen molar-refractivity contribution in [3.8, 4) is 11.1 Å². The molecule has 0 fully saturated rings. The summed E-state index contributed by atoms with van der Waals surface area (Å²) in [5, 5.41) is 5.61. The Morgan fingerprint density at radius 1 is 1.26 bits per heavy atom. The van der Waals surface area contributed by atoms with E-state index in [2.05, 4.69) is 48.2 Å². The molecule has 0 saturated carbocycles. The van der Waals surface area contributed by atoms with E-state index in [-0.39, 0.29) is 0 Å². The van der Waals surface area contributed by atoms with E-state index >= 15 is 0 Å². The van der Waals surface area contributed by atoms with Gasteiger partial charge in [-0.05, 0) is 24.3 Å². The topological polar surface area (TPSA) is 30.2 Å². The van der Waals surface area contributed by atoms with Gasteiger partial charge in [0.05, 0.1) is 6.20 Å². The molecular formula is C15H15N3S. The van der Waals surface area contributed by atoms with Gasteiger partial charge in [-0.15, -0.1) is 11.8 Å². The molecule has 4 heteroatoms. The number of rotatable bonds is 3. The minimum absolute atomic E-state index is 0.920. The second-order valence-electron chi connectivity index (χ2n) is 4.38. The SMILES string of the molecule is CCSc1ccnc2c(-c3cccc(C)c3)cnn12. The van der Waals surface area contributed by atoms with E-state index in [1.54, 1.807) is 11.8 Å². The first-order valence-electron chi connectivity index (χ1n) is 6.32. The molecule has 19 heavy (non-hydrogen) atoms. The monoisotopic (exact) mass is 269 g/mol. The second kappa shape index (κ2) is 5.05. The molecule has 0 bridgehead atoms. The Hall–Kier alpha value is -1.81. The Balaban J connectivity index is 2.18. The summed E-state index contributed by atoms with van der Waals surface area (Å²) in [4.78, 5) is 4.48. The Morgan fingerprint density at radius 3 is 2.95 bits per heavy atom. The van der Waals surface area contributed by atoms with Gasteiger partial charge in [0.2, 0.25) is 0 Å². The molecule has 3 rings (SSSR count). The number of thioether (sulfide) groups is 1. The normalized spacial score (nSPS) is 11.1. The Bertz CT molecular complexity index is 718. The lowest BCUT2D eigenvalue weighted by Gasteiger charge is -2.03. The summed E-state index contributed by atoms with van der Waals surface area (Å²) in [7, 11) is 0. The van der Waals surface area contributed by atoms with Crippen molar-refractivity contribution in [2.24, 2.45) is 0 Å². The zero-order valence-corrected chi connectivity index (χ0v) is 11.8. The van der Waals surface area contributed by atoms with E-state index in [0.29, 0.717) is 0 Å². The van der Waals surface area contributed by atoms with Crippen molar-refractivity contribution < 1.29 is 0 Å². The predicted octanol–water partition coefficient (Wildman–Crippen LogP) is 3.82. The van der Waals surface area contributed by atoms with Crippen molar-refractivity contribution in [3.05, 3.63) is 48.3 Å². The molecule has 2 aromatic heterocycles. The lowest BCUT2D eigenvalue weighted by molar-refractivity contribution is 0.843. The van der Waals surface area contributed by atoms with Crippen molar-refractivity contribution in [2.45, 2.75) is 18.9 Å². The number of fused-ring (bicyclic) bond motifs is 1. The van der Waals surface area contributed by atoms with Crippen LogP contribution in [-0.4, -0.2) is 20.4 Å². The first-order valence-corrected chi connectivity index (χ1v) is 7.30. The summed E-state index contributed by atoms with van der Waals surface area (Å²) < 4.78 is 1.92. The van der Waals surface area contributed by atoms with Gasteiger partial charge in [-0.25, -0.2) is 9.50 Å². The first-order chi connectivity index (χ1) is 9.29. The molecule has 2 heterocycles. The van der Waals surface area contributed by atoms with Gasteiger partial charge in [-0.1, -0.05) is 36.8 Å². The molecule has 0 aliphatic carbocycles. The third-order valence-electron chi connectivity index (χ3n) is 2.99. The van der Waals surface area contributed by atoms with E-state index in [0.717, 1.165) is 22.0 Å². The van der Waals surface area contributed by atoms with Crippen molar-refractivity contribution in [3.63, 3.8) is 0 Å². The summed E-state index contributed by atoms with van der Waals surface area (Å²) >= 11 is 1.78. The molecule has 0 unspecified atom stereocenters. The predicted molar refractivity (Wildman–Crippen MR) is 79.6 cm³/mol. The van der Waals surface area contributed by atoms with E-state index in [4.69, 9.17) is 0 Å². The molecule has 0 radical (unpaired) electrons. The van der Waals surface area contributed by atoms with Crippen LogP contribution in [0.25, 0.3) is 16.8 Å². The molecule has 0 aliphatic heterocycles. The zero-order chi connectivity index (χ0) is 13.2. The molecule has 0 aliphatic rings. The number of hydrogen-bond acceptors (Lipinski definition) is 3. The van der Waals surface area contributed by atoms with Crippen molar-refractivity contribution in [1.29, 1.82) is 0 Å². The van der Waals surface area contributed by atoms with Crippen LogP contribution in [0, 0.1) is 6.92 Å². The van der Waals surface area contributed by atoms with Crippen molar-refractivity contribution in [1.82, 2.24) is 14.6 Å². The summed E-state index contributed by atoms with van der Waals surface area (Å²) in [6.07, 6.45) is 3.76. The molecular weight excluding hydrogens is 254 g/mol. The second-order valence-corrected chi connectivity index (χ2v) is 5.66. The summed E-state index contributed by atoms with van der Waals surface area (Å²) in [5.41, 5.74) is 4.42. The van der Waals surface area contributed by atoms with Crippen LogP contribution in [0.2, 0.25) is 0 Å². The molecule has 0 spiro atoms. The third-order valence-corrected chi connectivity index (χ3v) is 3.88. The Labute approximate surface area is 116 Å². The summed E-state index contributed by atoms with van der Waals surface area (Å²) in [6, 6.07) is 10.4. The number of hydrogen-bond donors (Lipinski definition) is 0. The first kappa shape index (κ1) is 12.2. The average molecular weight is 269 g/mol. The van der Waals surface area contributed by atoms with Gasteiger partial charge < -0.3 is 0 Å². The van der Waals surface area contributed by atoms with Crippen LogP contribution in [0.5, 0.6) is 0 Å². The minimum atomic E-state index is 0.920. The fourth-order valence-corrected chi connectivity index (χ4v) is 2.85. The van der Waals surface area contributed by atoms with E-state index in [9.17, 15) is 0 Å². The molecule has 0 saturated heterocycles. The standard InChI is InChI=1S/C15H15N3S/c1-3-19-14-7-8-16-15-13(10-17-18(14)15)12-6-4-5-11(2)9-12/h4-10H,3H2,1-2H3. The van der Waals surface area contributed by atoms with Gasteiger partial charge in [-0.3, -0.25) is 0 Å². The Morgan fingerprint density at radius 2 is 2.16 bits per heavy atom. The smallest absolute Gasteiger partial charge is 0.164 e. The van der Waals surface area contributed by atoms with Gasteiger partial charge >= 0.3 is 0 Å². The largest absolute Gasteiger partial charge is 0.236 e. The van der Waals surface area contributed by atoms with Crippen molar-refractivity contribution >= 4 is 17.4 Å². The number of aromatic nitrogens is 3. The van der Waals surface area contributed by atoms with Crippen LogP contribution >= 0.6 is 11.8 Å². The highest BCUT2D eigenvalue weighted by molar-refractivity contribution is 7.99. The summed E-state index contributed by atoms with van der Waals surface area (Å²) in [5.74, 6) is 1.03. The summed E-state index contributed by atoms with van der Waals surface area (Å²) in [6.45, 7) is 4.24. The molecule has 3 nitrogen and oxygen atoms in total. The molecule has 1 aromatic carbocycles. The average Bonchev–Trinajstić information content (AvgIpc) is 2.84. The molecule has 96 valence electrons. The highest BCUT2D eigenvalue weighted by Crippen LogP contribution is 2.26. The lowest BCUT2D eigenvalue weighted by Crippen LogP contribution is -1.94. The zero-order valence-electron chi connectivity index (χ0n) is 11.0. The van der Waals surface area contributed by atoms with Gasteiger partial charge in [0.1, 0.15) is 5.03 Å². The van der Waals surface area contributed by atoms with Crippen molar-refractivity contribution in [2.75, 3.05) is 5.75 Å². The maximum atomic E-state index is 4.48. The van der Waals surface area contributed by atoms with Crippen LogP contribution in [-0.2, 0) is 0 Å². The number of benzene rings is 1. The third kappa shape index (κ3) is 2.24. The Kier molecular flexibility index (Phi) is 3.25. The molecule has 0 atom stereocenters. The number of nitrogens with zero attached hydrogens (tertiary/aromatic N) is 3. The number of aryl methyl sites for hydroxylation is 1. The highest BCUT2D eigenvalue weighted by Gasteiger charge is 2.10. The minimum Gasteiger partial charge on any atom is -0.236 e. The van der Waals surface area contributed by atoms with Crippen LogP contribution in [0.1, 0.15) is 12.5 Å². The van der Waals surface area contributed by atoms with E-state index < -0.39 is 0 Å².